The number of nitrogens with zero attached hydrogens (tertiary/aromatic N) is 2. The number of aryl methyl sites for hydroxylation is 2. The third-order valence-electron chi connectivity index (χ3n) is 2.67. The highest BCUT2D eigenvalue weighted by molar-refractivity contribution is 6.42. The topological polar surface area (TPSA) is 68.0 Å². The van der Waals surface area contributed by atoms with E-state index < -0.39 is 0 Å². The van der Waals surface area contributed by atoms with Crippen LogP contribution in [0, 0.1) is 6.92 Å². The van der Waals surface area contributed by atoms with Gasteiger partial charge in [-0.3, -0.25) is 4.79 Å². The number of hydrogen-bond acceptors (Lipinski definition) is 4. The summed E-state index contributed by atoms with van der Waals surface area (Å²) in [5.41, 5.74) is 0.852. The van der Waals surface area contributed by atoms with Crippen LogP contribution in [0.5, 0.6) is 0 Å². The smallest absolute Gasteiger partial charge is 0.223 e. The van der Waals surface area contributed by atoms with Crippen LogP contribution in [0.25, 0.3) is 0 Å². The Labute approximate surface area is 126 Å². The first kappa shape index (κ1) is 14.8. The maximum atomic E-state index is 11.7. The molecule has 2 rings (SSSR count). The summed E-state index contributed by atoms with van der Waals surface area (Å²) in [5.74, 6) is 0.820. The van der Waals surface area contributed by atoms with Crippen LogP contribution in [-0.2, 0) is 17.8 Å². The van der Waals surface area contributed by atoms with Gasteiger partial charge in [0.15, 0.2) is 5.82 Å². The number of aromatic nitrogens is 2. The molecule has 0 bridgehead atoms. The Hall–Kier alpha value is -1.59. The second-order valence-electron chi connectivity index (χ2n) is 4.22. The van der Waals surface area contributed by atoms with Crippen molar-refractivity contribution in [2.45, 2.75) is 26.3 Å². The Kier molecular flexibility index (Phi) is 4.98. The maximum Gasteiger partial charge on any atom is 0.223 e. The van der Waals surface area contributed by atoms with Gasteiger partial charge in [0, 0.05) is 13.3 Å². The summed E-state index contributed by atoms with van der Waals surface area (Å²) in [6.07, 6.45) is 0.841. The number of halogens is 2. The molecule has 0 saturated heterocycles. The fourth-order valence-corrected chi connectivity index (χ4v) is 2.08. The Morgan fingerprint density at radius 1 is 1.40 bits per heavy atom. The van der Waals surface area contributed by atoms with Gasteiger partial charge in [0.25, 0.3) is 0 Å². The number of amides is 1. The van der Waals surface area contributed by atoms with Crippen molar-refractivity contribution in [1.29, 1.82) is 0 Å². The number of benzene rings is 1. The summed E-state index contributed by atoms with van der Waals surface area (Å²) >= 11 is 12.0. The molecule has 0 radical (unpaired) electrons. The second kappa shape index (κ2) is 6.72. The summed E-state index contributed by atoms with van der Waals surface area (Å²) in [6.45, 7) is 1.94. The average Bonchev–Trinajstić information content (AvgIpc) is 2.84. The lowest BCUT2D eigenvalue weighted by Crippen LogP contribution is -2.23. The van der Waals surface area contributed by atoms with Gasteiger partial charge < -0.3 is 9.84 Å². The fraction of sp³-hybridized carbons (Fsp3) is 0.308. The minimum Gasteiger partial charge on any atom is -0.349 e. The summed E-state index contributed by atoms with van der Waals surface area (Å²) in [4.78, 5) is 15.7. The Morgan fingerprint density at radius 3 is 2.90 bits per heavy atom. The first-order valence-corrected chi connectivity index (χ1v) is 6.80. The fourth-order valence-electron chi connectivity index (χ4n) is 1.67. The number of nitrogens with one attached hydrogen (secondary N) is 1. The van der Waals surface area contributed by atoms with Crippen molar-refractivity contribution < 1.29 is 9.32 Å². The Morgan fingerprint density at radius 2 is 2.20 bits per heavy atom. The lowest BCUT2D eigenvalue weighted by molar-refractivity contribution is -0.121. The molecule has 0 aliphatic rings. The van der Waals surface area contributed by atoms with Crippen LogP contribution >= 0.6 is 23.2 Å². The lowest BCUT2D eigenvalue weighted by Gasteiger charge is -2.06. The van der Waals surface area contributed by atoms with E-state index in [1.165, 1.54) is 0 Å². The zero-order valence-corrected chi connectivity index (χ0v) is 12.3. The zero-order valence-electron chi connectivity index (χ0n) is 10.8. The lowest BCUT2D eigenvalue weighted by atomic mass is 10.1. The molecular formula is C13H13Cl2N3O2. The number of rotatable bonds is 5. The molecule has 5 nitrogen and oxygen atoms in total. The predicted octanol–water partition coefficient (Wildman–Crippen LogP) is 2.93. The van der Waals surface area contributed by atoms with E-state index in [9.17, 15) is 4.79 Å². The molecule has 2 aromatic rings. The van der Waals surface area contributed by atoms with Gasteiger partial charge in [-0.25, -0.2) is 0 Å². The van der Waals surface area contributed by atoms with Crippen LogP contribution in [0.15, 0.2) is 22.7 Å². The van der Waals surface area contributed by atoms with E-state index in [1.54, 1.807) is 13.0 Å². The van der Waals surface area contributed by atoms with E-state index in [2.05, 4.69) is 15.5 Å². The molecule has 0 saturated carbocycles. The van der Waals surface area contributed by atoms with Crippen molar-refractivity contribution in [3.63, 3.8) is 0 Å². The van der Waals surface area contributed by atoms with Gasteiger partial charge in [0.1, 0.15) is 0 Å². The minimum absolute atomic E-state index is 0.108. The third-order valence-corrected chi connectivity index (χ3v) is 3.52. The molecule has 0 atom stereocenters. The Balaban J connectivity index is 1.82. The number of carbonyl (C=O) groups is 1. The summed E-state index contributed by atoms with van der Waals surface area (Å²) in [5, 5.41) is 7.40. The van der Waals surface area contributed by atoms with Crippen molar-refractivity contribution >= 4 is 29.1 Å². The van der Waals surface area contributed by atoms with Crippen molar-refractivity contribution in [1.82, 2.24) is 15.5 Å². The highest BCUT2D eigenvalue weighted by Gasteiger charge is 2.08. The van der Waals surface area contributed by atoms with E-state index >= 15 is 0 Å². The van der Waals surface area contributed by atoms with E-state index in [4.69, 9.17) is 27.7 Å². The summed E-state index contributed by atoms with van der Waals surface area (Å²) < 4.78 is 4.81. The molecule has 0 unspecified atom stereocenters. The molecule has 1 aromatic carbocycles. The van der Waals surface area contributed by atoms with Crippen molar-refractivity contribution in [3.8, 4) is 0 Å². The SMILES string of the molecule is Cc1nc(CNC(=O)CCc2cccc(Cl)c2Cl)no1. The van der Waals surface area contributed by atoms with E-state index in [0.717, 1.165) is 5.56 Å². The molecule has 1 heterocycles. The maximum absolute atomic E-state index is 11.7. The zero-order chi connectivity index (χ0) is 14.5. The van der Waals surface area contributed by atoms with Crippen molar-refractivity contribution in [2.24, 2.45) is 0 Å². The summed E-state index contributed by atoms with van der Waals surface area (Å²) in [7, 11) is 0. The van der Waals surface area contributed by atoms with Gasteiger partial charge in [-0.05, 0) is 18.1 Å². The minimum atomic E-state index is -0.108. The molecule has 1 N–H and O–H groups in total. The van der Waals surface area contributed by atoms with Crippen LogP contribution in [0.3, 0.4) is 0 Å². The normalized spacial score (nSPS) is 10.6. The molecule has 7 heteroatoms. The quantitative estimate of drug-likeness (QED) is 0.921. The van der Waals surface area contributed by atoms with Crippen LogP contribution in [-0.4, -0.2) is 16.0 Å². The molecule has 1 amide bonds. The van der Waals surface area contributed by atoms with Gasteiger partial charge in [-0.1, -0.05) is 40.5 Å². The first-order valence-electron chi connectivity index (χ1n) is 6.05. The highest BCUT2D eigenvalue weighted by Crippen LogP contribution is 2.26. The molecule has 20 heavy (non-hydrogen) atoms. The molecule has 0 aliphatic carbocycles. The predicted molar refractivity (Wildman–Crippen MR) is 75.7 cm³/mol. The van der Waals surface area contributed by atoms with Crippen molar-refractivity contribution in [2.75, 3.05) is 0 Å². The van der Waals surface area contributed by atoms with Gasteiger partial charge in [0.05, 0.1) is 16.6 Å². The van der Waals surface area contributed by atoms with Crippen LogP contribution in [0.2, 0.25) is 10.0 Å². The largest absolute Gasteiger partial charge is 0.349 e. The van der Waals surface area contributed by atoms with Crippen LogP contribution in [0.4, 0.5) is 0 Å². The highest BCUT2D eigenvalue weighted by atomic mass is 35.5. The third kappa shape index (κ3) is 3.95. The van der Waals surface area contributed by atoms with E-state index in [-0.39, 0.29) is 12.5 Å². The molecule has 0 aliphatic heterocycles. The van der Waals surface area contributed by atoms with Gasteiger partial charge in [-0.15, -0.1) is 0 Å². The molecule has 0 spiro atoms. The van der Waals surface area contributed by atoms with Crippen LogP contribution in [0.1, 0.15) is 23.7 Å². The van der Waals surface area contributed by atoms with E-state index in [1.807, 2.05) is 12.1 Å². The van der Waals surface area contributed by atoms with Crippen LogP contribution < -0.4 is 5.32 Å². The molecule has 1 aromatic heterocycles. The first-order chi connectivity index (χ1) is 9.56. The number of carbonyl (C=O) groups excluding carboxylic acids is 1. The van der Waals surface area contributed by atoms with Gasteiger partial charge in [0.2, 0.25) is 11.8 Å². The average molecular weight is 314 g/mol. The molecule has 0 fully saturated rings. The van der Waals surface area contributed by atoms with Crippen molar-refractivity contribution in [3.05, 3.63) is 45.5 Å². The van der Waals surface area contributed by atoms with Gasteiger partial charge >= 0.3 is 0 Å². The summed E-state index contributed by atoms with van der Waals surface area (Å²) in [6, 6.07) is 5.37. The standard InChI is InChI=1S/C13H13Cl2N3O2/c1-8-17-11(18-20-8)7-16-12(19)6-5-9-3-2-4-10(14)13(9)15/h2-4H,5-7H2,1H3,(H,16,19). The molecule has 106 valence electrons. The number of hydrogen-bond donors (Lipinski definition) is 1. The van der Waals surface area contributed by atoms with Gasteiger partial charge in [-0.2, -0.15) is 4.98 Å². The van der Waals surface area contributed by atoms with E-state index in [0.29, 0.717) is 34.6 Å². The second-order valence-corrected chi connectivity index (χ2v) is 5.00. The Bertz CT molecular complexity index is 613. The monoisotopic (exact) mass is 313 g/mol. The molecular weight excluding hydrogens is 301 g/mol.